The molecule has 5 heteroatoms. The third-order valence-corrected chi connectivity index (χ3v) is 3.30. The van der Waals surface area contributed by atoms with Gasteiger partial charge in [-0.1, -0.05) is 31.9 Å². The number of amides is 1. The van der Waals surface area contributed by atoms with E-state index >= 15 is 0 Å². The smallest absolute Gasteiger partial charge is 0.258 e. The summed E-state index contributed by atoms with van der Waals surface area (Å²) < 4.78 is 15.1. The fourth-order valence-electron chi connectivity index (χ4n) is 1.41. The number of halogens is 3. The molecule has 0 atom stereocenters. The average Bonchev–Trinajstić information content (AvgIpc) is 2.32. The quantitative estimate of drug-likeness (QED) is 0.819. The van der Waals surface area contributed by atoms with Crippen LogP contribution in [0.4, 0.5) is 10.1 Å². The molecule has 0 fully saturated rings. The molecule has 2 rings (SSSR count). The van der Waals surface area contributed by atoms with Gasteiger partial charge in [0, 0.05) is 14.6 Å². The van der Waals surface area contributed by atoms with Crippen LogP contribution in [0.1, 0.15) is 10.4 Å². The van der Waals surface area contributed by atoms with E-state index in [1.165, 1.54) is 12.1 Å². The molecular weight excluding hydrogens is 365 g/mol. The van der Waals surface area contributed by atoms with Gasteiger partial charge in [0.1, 0.15) is 5.82 Å². The number of rotatable bonds is 2. The second-order valence-electron chi connectivity index (χ2n) is 3.59. The zero-order valence-electron chi connectivity index (χ0n) is 9.08. The average molecular weight is 373 g/mol. The van der Waals surface area contributed by atoms with E-state index in [2.05, 4.69) is 37.2 Å². The van der Waals surface area contributed by atoms with Crippen molar-refractivity contribution in [1.82, 2.24) is 0 Å². The zero-order chi connectivity index (χ0) is 13.1. The van der Waals surface area contributed by atoms with Crippen molar-refractivity contribution in [2.24, 2.45) is 0 Å². The van der Waals surface area contributed by atoms with Crippen LogP contribution in [0.15, 0.2) is 51.4 Å². The van der Waals surface area contributed by atoms with Crippen LogP contribution >= 0.6 is 31.9 Å². The minimum atomic E-state index is -0.556. The van der Waals surface area contributed by atoms with Crippen molar-refractivity contribution in [1.29, 1.82) is 0 Å². The molecule has 92 valence electrons. The van der Waals surface area contributed by atoms with Crippen LogP contribution in [0.3, 0.4) is 0 Å². The second kappa shape index (κ2) is 5.63. The van der Waals surface area contributed by atoms with E-state index in [-0.39, 0.29) is 5.56 Å². The van der Waals surface area contributed by atoms with Gasteiger partial charge in [-0.3, -0.25) is 4.79 Å². The van der Waals surface area contributed by atoms with E-state index in [1.807, 2.05) is 0 Å². The van der Waals surface area contributed by atoms with E-state index in [1.54, 1.807) is 30.3 Å². The van der Waals surface area contributed by atoms with Gasteiger partial charge in [0.15, 0.2) is 0 Å². The van der Waals surface area contributed by atoms with Crippen LogP contribution in [0, 0.1) is 5.82 Å². The topological polar surface area (TPSA) is 29.1 Å². The monoisotopic (exact) mass is 371 g/mol. The molecule has 0 saturated carbocycles. The summed E-state index contributed by atoms with van der Waals surface area (Å²) in [4.78, 5) is 11.9. The minimum Gasteiger partial charge on any atom is -0.322 e. The maximum Gasteiger partial charge on any atom is 0.258 e. The lowest BCUT2D eigenvalue weighted by Gasteiger charge is -2.06. The zero-order valence-corrected chi connectivity index (χ0v) is 12.3. The Morgan fingerprint density at radius 1 is 1.00 bits per heavy atom. The van der Waals surface area contributed by atoms with Crippen LogP contribution in [0.2, 0.25) is 0 Å². The molecule has 2 aromatic carbocycles. The summed E-state index contributed by atoms with van der Waals surface area (Å²) in [5.74, 6) is -1.03. The first-order chi connectivity index (χ1) is 8.56. The molecule has 0 heterocycles. The number of benzene rings is 2. The van der Waals surface area contributed by atoms with Gasteiger partial charge in [-0.15, -0.1) is 0 Å². The van der Waals surface area contributed by atoms with Crippen molar-refractivity contribution in [3.63, 3.8) is 0 Å². The maximum absolute atomic E-state index is 13.6. The lowest BCUT2D eigenvalue weighted by Crippen LogP contribution is -2.13. The largest absolute Gasteiger partial charge is 0.322 e. The standard InChI is InChI=1S/C13H8Br2FNO/c14-8-1-4-10(5-2-8)17-13(18)11-6-3-9(15)7-12(11)16/h1-7H,(H,17,18). The first-order valence-corrected chi connectivity index (χ1v) is 6.67. The summed E-state index contributed by atoms with van der Waals surface area (Å²) >= 11 is 6.44. The van der Waals surface area contributed by atoms with Crippen LogP contribution in [-0.2, 0) is 0 Å². The number of hydrogen-bond acceptors (Lipinski definition) is 1. The first kappa shape index (κ1) is 13.2. The predicted molar refractivity (Wildman–Crippen MR) is 76.2 cm³/mol. The fraction of sp³-hybridized carbons (Fsp3) is 0. The van der Waals surface area contributed by atoms with Gasteiger partial charge in [-0.05, 0) is 42.5 Å². The predicted octanol–water partition coefficient (Wildman–Crippen LogP) is 4.60. The highest BCUT2D eigenvalue weighted by Crippen LogP contribution is 2.18. The van der Waals surface area contributed by atoms with E-state index in [0.29, 0.717) is 10.2 Å². The van der Waals surface area contributed by atoms with Crippen molar-refractivity contribution in [3.8, 4) is 0 Å². The van der Waals surface area contributed by atoms with Gasteiger partial charge in [-0.25, -0.2) is 4.39 Å². The molecule has 1 amide bonds. The first-order valence-electron chi connectivity index (χ1n) is 5.08. The maximum atomic E-state index is 13.6. The molecule has 0 unspecified atom stereocenters. The van der Waals surface area contributed by atoms with Crippen LogP contribution < -0.4 is 5.32 Å². The van der Waals surface area contributed by atoms with Gasteiger partial charge < -0.3 is 5.32 Å². The van der Waals surface area contributed by atoms with E-state index in [0.717, 1.165) is 4.47 Å². The molecule has 0 aliphatic rings. The highest BCUT2D eigenvalue weighted by molar-refractivity contribution is 9.10. The Labute approximate surface area is 120 Å². The van der Waals surface area contributed by atoms with Gasteiger partial charge in [0.25, 0.3) is 5.91 Å². The Balaban J connectivity index is 2.19. The molecule has 0 spiro atoms. The number of carbonyl (C=O) groups is 1. The van der Waals surface area contributed by atoms with Gasteiger partial charge in [0.05, 0.1) is 5.56 Å². The third-order valence-electron chi connectivity index (χ3n) is 2.28. The molecule has 0 aliphatic heterocycles. The van der Waals surface area contributed by atoms with Crippen molar-refractivity contribution < 1.29 is 9.18 Å². The molecule has 2 nitrogen and oxygen atoms in total. The molecule has 1 N–H and O–H groups in total. The van der Waals surface area contributed by atoms with E-state index < -0.39 is 11.7 Å². The number of anilines is 1. The van der Waals surface area contributed by atoms with Crippen molar-refractivity contribution in [3.05, 3.63) is 62.8 Å². The third kappa shape index (κ3) is 3.17. The molecule has 0 radical (unpaired) electrons. The molecule has 18 heavy (non-hydrogen) atoms. The van der Waals surface area contributed by atoms with Crippen LogP contribution in [0.25, 0.3) is 0 Å². The SMILES string of the molecule is O=C(Nc1ccc(Br)cc1)c1ccc(Br)cc1F. The summed E-state index contributed by atoms with van der Waals surface area (Å²) in [6.07, 6.45) is 0. The second-order valence-corrected chi connectivity index (χ2v) is 5.42. The Morgan fingerprint density at radius 2 is 1.61 bits per heavy atom. The lowest BCUT2D eigenvalue weighted by atomic mass is 10.2. The Hall–Kier alpha value is -1.20. The van der Waals surface area contributed by atoms with Crippen LogP contribution in [0.5, 0.6) is 0 Å². The fourth-order valence-corrected chi connectivity index (χ4v) is 2.00. The normalized spacial score (nSPS) is 10.2. The summed E-state index contributed by atoms with van der Waals surface area (Å²) in [7, 11) is 0. The van der Waals surface area contributed by atoms with Crippen molar-refractivity contribution >= 4 is 43.5 Å². The van der Waals surface area contributed by atoms with Crippen molar-refractivity contribution in [2.45, 2.75) is 0 Å². The lowest BCUT2D eigenvalue weighted by molar-refractivity contribution is 0.102. The molecule has 2 aromatic rings. The molecular formula is C13H8Br2FNO. The Bertz CT molecular complexity index is 584. The summed E-state index contributed by atoms with van der Waals surface area (Å²) in [6, 6.07) is 11.4. The van der Waals surface area contributed by atoms with E-state index in [9.17, 15) is 9.18 Å². The highest BCUT2D eigenvalue weighted by Gasteiger charge is 2.11. The number of nitrogens with one attached hydrogen (secondary N) is 1. The molecule has 0 saturated heterocycles. The van der Waals surface area contributed by atoms with Gasteiger partial charge >= 0.3 is 0 Å². The Morgan fingerprint density at radius 3 is 2.22 bits per heavy atom. The number of carbonyl (C=O) groups excluding carboxylic acids is 1. The summed E-state index contributed by atoms with van der Waals surface area (Å²) in [5, 5.41) is 2.63. The van der Waals surface area contributed by atoms with Crippen molar-refractivity contribution in [2.75, 3.05) is 5.32 Å². The molecule has 0 aromatic heterocycles. The molecule has 0 bridgehead atoms. The Kier molecular flexibility index (Phi) is 4.14. The molecule has 0 aliphatic carbocycles. The highest BCUT2D eigenvalue weighted by atomic mass is 79.9. The summed E-state index contributed by atoms with van der Waals surface area (Å²) in [5.41, 5.74) is 0.631. The number of hydrogen-bond donors (Lipinski definition) is 1. The summed E-state index contributed by atoms with van der Waals surface area (Å²) in [6.45, 7) is 0. The van der Waals surface area contributed by atoms with Crippen LogP contribution in [-0.4, -0.2) is 5.91 Å². The van der Waals surface area contributed by atoms with E-state index in [4.69, 9.17) is 0 Å². The van der Waals surface area contributed by atoms with Gasteiger partial charge in [-0.2, -0.15) is 0 Å². The van der Waals surface area contributed by atoms with Gasteiger partial charge in [0.2, 0.25) is 0 Å². The minimum absolute atomic E-state index is 0.0149.